The summed E-state index contributed by atoms with van der Waals surface area (Å²) in [4.78, 5) is 0. The van der Waals surface area contributed by atoms with Crippen LogP contribution in [0, 0.1) is 6.92 Å². The van der Waals surface area contributed by atoms with Crippen molar-refractivity contribution in [3.05, 3.63) is 45.6 Å². The lowest BCUT2D eigenvalue weighted by Crippen LogP contribution is -2.10. The van der Waals surface area contributed by atoms with Gasteiger partial charge in [-0.05, 0) is 47.0 Å². The van der Waals surface area contributed by atoms with Gasteiger partial charge in [0.25, 0.3) is 0 Å². The van der Waals surface area contributed by atoms with E-state index in [1.165, 1.54) is 6.07 Å². The predicted molar refractivity (Wildman–Crippen MR) is 72.2 cm³/mol. The number of hydrogen-bond acceptors (Lipinski definition) is 3. The summed E-state index contributed by atoms with van der Waals surface area (Å²) in [7, 11) is 0. The van der Waals surface area contributed by atoms with E-state index in [-0.39, 0.29) is 5.69 Å². The van der Waals surface area contributed by atoms with Gasteiger partial charge in [0.15, 0.2) is 0 Å². The van der Waals surface area contributed by atoms with E-state index in [0.29, 0.717) is 12.2 Å². The zero-order chi connectivity index (χ0) is 14.0. The number of hydrogen-bond donors (Lipinski definition) is 2. The molecule has 0 saturated heterocycles. The highest BCUT2D eigenvalue weighted by Gasteiger charge is 2.33. The van der Waals surface area contributed by atoms with Gasteiger partial charge < -0.3 is 11.1 Å². The quantitative estimate of drug-likeness (QED) is 0.827. The van der Waals surface area contributed by atoms with Crippen LogP contribution in [0.3, 0.4) is 0 Å². The molecule has 0 spiro atoms. The summed E-state index contributed by atoms with van der Waals surface area (Å²) < 4.78 is 38.1. The number of halogens is 3. The van der Waals surface area contributed by atoms with Crippen molar-refractivity contribution in [2.45, 2.75) is 19.6 Å². The molecule has 6 heteroatoms. The number of anilines is 2. The summed E-state index contributed by atoms with van der Waals surface area (Å²) in [5.74, 6) is 0. The van der Waals surface area contributed by atoms with E-state index in [4.69, 9.17) is 5.73 Å². The van der Waals surface area contributed by atoms with E-state index in [9.17, 15) is 13.2 Å². The molecule has 1 aromatic heterocycles. The number of thiophene rings is 1. The van der Waals surface area contributed by atoms with Crippen LogP contribution in [0.1, 0.15) is 16.7 Å². The van der Waals surface area contributed by atoms with Gasteiger partial charge >= 0.3 is 6.18 Å². The fourth-order valence-corrected chi connectivity index (χ4v) is 2.53. The molecule has 0 radical (unpaired) electrons. The van der Waals surface area contributed by atoms with Crippen molar-refractivity contribution in [2.75, 3.05) is 11.1 Å². The van der Waals surface area contributed by atoms with Crippen molar-refractivity contribution < 1.29 is 13.2 Å². The number of rotatable bonds is 3. The Hall–Kier alpha value is -1.69. The molecule has 102 valence electrons. The van der Waals surface area contributed by atoms with Crippen LogP contribution in [-0.2, 0) is 12.7 Å². The maximum absolute atomic E-state index is 12.7. The molecule has 0 fully saturated rings. The van der Waals surface area contributed by atoms with Crippen LogP contribution < -0.4 is 11.1 Å². The SMILES string of the molecule is Cc1cscc1CNc1ccc(N)c(C(F)(F)F)c1. The van der Waals surface area contributed by atoms with Gasteiger partial charge in [-0.25, -0.2) is 0 Å². The highest BCUT2D eigenvalue weighted by molar-refractivity contribution is 7.08. The Labute approximate surface area is 113 Å². The van der Waals surface area contributed by atoms with Gasteiger partial charge in [0, 0.05) is 17.9 Å². The minimum atomic E-state index is -4.43. The largest absolute Gasteiger partial charge is 0.418 e. The van der Waals surface area contributed by atoms with E-state index >= 15 is 0 Å². The zero-order valence-electron chi connectivity index (χ0n) is 10.2. The molecule has 2 aromatic rings. The average Bonchev–Trinajstić information content (AvgIpc) is 2.72. The van der Waals surface area contributed by atoms with Gasteiger partial charge in [0.2, 0.25) is 0 Å². The topological polar surface area (TPSA) is 38.0 Å². The number of nitrogen functional groups attached to an aromatic ring is 1. The average molecular weight is 286 g/mol. The molecule has 1 aromatic carbocycles. The lowest BCUT2D eigenvalue weighted by molar-refractivity contribution is -0.136. The first-order valence-corrected chi connectivity index (χ1v) is 6.54. The fraction of sp³-hybridized carbons (Fsp3) is 0.231. The van der Waals surface area contributed by atoms with E-state index in [2.05, 4.69) is 5.32 Å². The summed E-state index contributed by atoms with van der Waals surface area (Å²) in [6.45, 7) is 2.47. The summed E-state index contributed by atoms with van der Waals surface area (Å²) in [5, 5.41) is 6.96. The molecule has 0 aliphatic carbocycles. The molecule has 0 amide bonds. The monoisotopic (exact) mass is 286 g/mol. The minimum Gasteiger partial charge on any atom is -0.398 e. The number of nitrogens with one attached hydrogen (secondary N) is 1. The van der Waals surface area contributed by atoms with Crippen molar-refractivity contribution in [2.24, 2.45) is 0 Å². The van der Waals surface area contributed by atoms with Crippen molar-refractivity contribution in [3.8, 4) is 0 Å². The lowest BCUT2D eigenvalue weighted by Gasteiger charge is -2.13. The van der Waals surface area contributed by atoms with Gasteiger partial charge in [0.05, 0.1) is 5.56 Å². The summed E-state index contributed by atoms with van der Waals surface area (Å²) in [5.41, 5.74) is 6.90. The molecule has 1 heterocycles. The molecule has 0 unspecified atom stereocenters. The molecular formula is C13H13F3N2S. The zero-order valence-corrected chi connectivity index (χ0v) is 11.0. The number of alkyl halides is 3. The minimum absolute atomic E-state index is 0.259. The second-order valence-electron chi connectivity index (χ2n) is 4.23. The number of nitrogens with two attached hydrogens (primary N) is 1. The standard InChI is InChI=1S/C13H13F3N2S/c1-8-6-19-7-9(8)5-18-10-2-3-12(17)11(4-10)13(14,15)16/h2-4,6-7,18H,5,17H2,1H3. The van der Waals surface area contributed by atoms with Crippen molar-refractivity contribution in [3.63, 3.8) is 0 Å². The van der Waals surface area contributed by atoms with Crippen LogP contribution in [0.25, 0.3) is 0 Å². The highest BCUT2D eigenvalue weighted by Crippen LogP contribution is 2.35. The normalized spacial score (nSPS) is 11.6. The summed E-state index contributed by atoms with van der Waals surface area (Å²) in [6.07, 6.45) is -4.43. The number of benzene rings is 1. The third kappa shape index (κ3) is 3.20. The first kappa shape index (κ1) is 13.7. The second kappa shape index (κ2) is 5.13. The Morgan fingerprint density at radius 3 is 2.58 bits per heavy atom. The lowest BCUT2D eigenvalue weighted by atomic mass is 10.1. The van der Waals surface area contributed by atoms with Crippen LogP contribution in [0.15, 0.2) is 29.0 Å². The van der Waals surface area contributed by atoms with Crippen molar-refractivity contribution >= 4 is 22.7 Å². The van der Waals surface area contributed by atoms with Gasteiger partial charge in [0.1, 0.15) is 0 Å². The van der Waals surface area contributed by atoms with Gasteiger partial charge in [-0.1, -0.05) is 0 Å². The van der Waals surface area contributed by atoms with Crippen LogP contribution in [0.5, 0.6) is 0 Å². The van der Waals surface area contributed by atoms with Gasteiger partial charge in [-0.2, -0.15) is 24.5 Å². The Morgan fingerprint density at radius 2 is 2.00 bits per heavy atom. The van der Waals surface area contributed by atoms with E-state index in [1.54, 1.807) is 17.4 Å². The molecule has 0 saturated carbocycles. The van der Waals surface area contributed by atoms with Gasteiger partial charge in [-0.3, -0.25) is 0 Å². The Bertz CT molecular complexity index is 576. The van der Waals surface area contributed by atoms with Crippen molar-refractivity contribution in [1.29, 1.82) is 0 Å². The third-order valence-electron chi connectivity index (χ3n) is 2.80. The first-order chi connectivity index (χ1) is 8.88. The first-order valence-electron chi connectivity index (χ1n) is 5.60. The van der Waals surface area contributed by atoms with Crippen molar-refractivity contribution in [1.82, 2.24) is 0 Å². The molecule has 0 bridgehead atoms. The van der Waals surface area contributed by atoms with Crippen LogP contribution >= 0.6 is 11.3 Å². The van der Waals surface area contributed by atoms with E-state index < -0.39 is 11.7 Å². The smallest absolute Gasteiger partial charge is 0.398 e. The molecule has 19 heavy (non-hydrogen) atoms. The maximum atomic E-state index is 12.7. The predicted octanol–water partition coefficient (Wildman–Crippen LogP) is 4.27. The Balaban J connectivity index is 2.16. The third-order valence-corrected chi connectivity index (χ3v) is 3.71. The van der Waals surface area contributed by atoms with E-state index in [0.717, 1.165) is 17.2 Å². The van der Waals surface area contributed by atoms with Crippen LogP contribution in [0.2, 0.25) is 0 Å². The molecule has 3 N–H and O–H groups in total. The molecular weight excluding hydrogens is 273 g/mol. The molecule has 2 nitrogen and oxygen atoms in total. The fourth-order valence-electron chi connectivity index (χ4n) is 1.68. The molecule has 0 atom stereocenters. The second-order valence-corrected chi connectivity index (χ2v) is 4.98. The Morgan fingerprint density at radius 1 is 1.26 bits per heavy atom. The molecule has 0 aliphatic heterocycles. The van der Waals surface area contributed by atoms with E-state index in [1.807, 2.05) is 17.7 Å². The molecule has 0 aliphatic rings. The van der Waals surface area contributed by atoms with Gasteiger partial charge in [-0.15, -0.1) is 0 Å². The maximum Gasteiger partial charge on any atom is 0.418 e. The molecule has 2 rings (SSSR count). The Kier molecular flexibility index (Phi) is 3.71. The number of aryl methyl sites for hydroxylation is 1. The van der Waals surface area contributed by atoms with Crippen LogP contribution in [-0.4, -0.2) is 0 Å². The summed E-state index contributed by atoms with van der Waals surface area (Å²) >= 11 is 1.57. The van der Waals surface area contributed by atoms with Crippen LogP contribution in [0.4, 0.5) is 24.5 Å². The summed E-state index contributed by atoms with van der Waals surface area (Å²) in [6, 6.07) is 3.86. The highest BCUT2D eigenvalue weighted by atomic mass is 32.1.